The number of para-hydroxylation sites is 1. The van der Waals surface area contributed by atoms with Crippen molar-refractivity contribution >= 4 is 28.3 Å². The number of halogens is 1. The summed E-state index contributed by atoms with van der Waals surface area (Å²) in [5.74, 6) is -0.345. The van der Waals surface area contributed by atoms with Crippen LogP contribution in [0.2, 0.25) is 0 Å². The van der Waals surface area contributed by atoms with Crippen molar-refractivity contribution in [2.45, 2.75) is 6.54 Å². The molecular weight excluding hydrogens is 309 g/mol. The Hall–Kier alpha value is -2.86. The summed E-state index contributed by atoms with van der Waals surface area (Å²) in [5.41, 5.74) is 2.25. The van der Waals surface area contributed by atoms with Crippen molar-refractivity contribution in [2.75, 3.05) is 24.4 Å². The predicted octanol–water partition coefficient (Wildman–Crippen LogP) is 4.07. The molecule has 0 unspecified atom stereocenters. The molecule has 0 aliphatic rings. The van der Waals surface area contributed by atoms with E-state index in [0.29, 0.717) is 24.5 Å². The van der Waals surface area contributed by atoms with Crippen LogP contribution in [0.15, 0.2) is 54.7 Å². The number of nitrogens with zero attached hydrogens (tertiary/aromatic N) is 1. The number of benzene rings is 2. The molecule has 0 spiro atoms. The number of carbonyl (C=O) groups excluding carboxylic acids is 1. The molecular formula is C18H18FN3O2. The minimum atomic E-state index is -0.378. The topological polar surface area (TPSA) is 55.3 Å². The maximum atomic E-state index is 12.9. The number of aromatic nitrogens is 1. The van der Waals surface area contributed by atoms with Crippen LogP contribution in [0.4, 0.5) is 20.6 Å². The van der Waals surface area contributed by atoms with Gasteiger partial charge in [0.2, 0.25) is 0 Å². The summed E-state index contributed by atoms with van der Waals surface area (Å²) in [6.07, 6.45) is 1.88. The molecule has 24 heavy (non-hydrogen) atoms. The van der Waals surface area contributed by atoms with Gasteiger partial charge in [0.1, 0.15) is 5.82 Å². The van der Waals surface area contributed by atoms with Crippen LogP contribution in [0, 0.1) is 5.82 Å². The molecule has 3 aromatic rings. The summed E-state index contributed by atoms with van der Waals surface area (Å²) in [6, 6.07) is 13.1. The Morgan fingerprint density at radius 1 is 1.12 bits per heavy atom. The zero-order valence-corrected chi connectivity index (χ0v) is 13.3. The predicted molar refractivity (Wildman–Crippen MR) is 92.9 cm³/mol. The molecule has 124 valence electrons. The van der Waals surface area contributed by atoms with E-state index in [9.17, 15) is 9.18 Å². The van der Waals surface area contributed by atoms with Gasteiger partial charge in [-0.15, -0.1) is 0 Å². The van der Waals surface area contributed by atoms with Gasteiger partial charge in [0, 0.05) is 30.9 Å². The molecule has 3 rings (SSSR count). The SMILES string of the molecule is COCCn1cc(NC(=O)Nc2ccc(F)cc2)c2ccccc21. The third-order valence-corrected chi connectivity index (χ3v) is 3.68. The van der Waals surface area contributed by atoms with Crippen LogP contribution < -0.4 is 10.6 Å². The highest BCUT2D eigenvalue weighted by molar-refractivity contribution is 6.06. The first-order chi connectivity index (χ1) is 11.7. The third-order valence-electron chi connectivity index (χ3n) is 3.68. The van der Waals surface area contributed by atoms with Crippen molar-refractivity contribution in [1.29, 1.82) is 0 Å². The molecule has 0 saturated heterocycles. The highest BCUT2D eigenvalue weighted by Gasteiger charge is 2.11. The van der Waals surface area contributed by atoms with Gasteiger partial charge >= 0.3 is 6.03 Å². The van der Waals surface area contributed by atoms with E-state index in [1.165, 1.54) is 24.3 Å². The number of nitrogens with one attached hydrogen (secondary N) is 2. The van der Waals surface area contributed by atoms with Crippen molar-refractivity contribution in [1.82, 2.24) is 4.57 Å². The largest absolute Gasteiger partial charge is 0.383 e. The van der Waals surface area contributed by atoms with Crippen molar-refractivity contribution < 1.29 is 13.9 Å². The van der Waals surface area contributed by atoms with Crippen LogP contribution in [0.1, 0.15) is 0 Å². The average molecular weight is 327 g/mol. The highest BCUT2D eigenvalue weighted by Crippen LogP contribution is 2.26. The maximum absolute atomic E-state index is 12.9. The van der Waals surface area contributed by atoms with Crippen LogP contribution in [0.5, 0.6) is 0 Å². The summed E-state index contributed by atoms with van der Waals surface area (Å²) >= 11 is 0. The van der Waals surface area contributed by atoms with Gasteiger partial charge in [-0.25, -0.2) is 9.18 Å². The normalized spacial score (nSPS) is 10.8. The number of carbonyl (C=O) groups is 1. The summed E-state index contributed by atoms with van der Waals surface area (Å²) in [6.45, 7) is 1.28. The second-order valence-corrected chi connectivity index (χ2v) is 5.33. The standard InChI is InChI=1S/C18H18FN3O2/c1-24-11-10-22-12-16(15-4-2-3-5-17(15)22)21-18(23)20-14-8-6-13(19)7-9-14/h2-9,12H,10-11H2,1H3,(H2,20,21,23). The summed E-state index contributed by atoms with van der Waals surface area (Å²) in [7, 11) is 1.65. The van der Waals surface area contributed by atoms with Crippen molar-refractivity contribution in [3.05, 3.63) is 60.5 Å². The van der Waals surface area contributed by atoms with Crippen LogP contribution in [-0.4, -0.2) is 24.3 Å². The zero-order chi connectivity index (χ0) is 16.9. The summed E-state index contributed by atoms with van der Waals surface area (Å²) in [5, 5.41) is 6.47. The number of ether oxygens (including phenoxy) is 1. The number of fused-ring (bicyclic) bond motifs is 1. The van der Waals surface area contributed by atoms with E-state index in [1.54, 1.807) is 7.11 Å². The molecule has 0 saturated carbocycles. The number of rotatable bonds is 5. The first kappa shape index (κ1) is 16.0. The van der Waals surface area contributed by atoms with Gasteiger partial charge in [-0.05, 0) is 30.3 Å². The maximum Gasteiger partial charge on any atom is 0.323 e. The fraction of sp³-hybridized carbons (Fsp3) is 0.167. The molecule has 0 bridgehead atoms. The zero-order valence-electron chi connectivity index (χ0n) is 13.3. The van der Waals surface area contributed by atoms with Gasteiger partial charge in [-0.1, -0.05) is 18.2 Å². The molecule has 1 aromatic heterocycles. The van der Waals surface area contributed by atoms with Gasteiger partial charge < -0.3 is 19.9 Å². The van der Waals surface area contributed by atoms with Gasteiger partial charge in [0.05, 0.1) is 17.8 Å². The molecule has 5 nitrogen and oxygen atoms in total. The van der Waals surface area contributed by atoms with E-state index in [0.717, 1.165) is 10.9 Å². The molecule has 6 heteroatoms. The van der Waals surface area contributed by atoms with E-state index in [1.807, 2.05) is 35.0 Å². The van der Waals surface area contributed by atoms with E-state index >= 15 is 0 Å². The van der Waals surface area contributed by atoms with Crippen LogP contribution >= 0.6 is 0 Å². The lowest BCUT2D eigenvalue weighted by molar-refractivity contribution is 0.188. The molecule has 0 radical (unpaired) electrons. The fourth-order valence-electron chi connectivity index (χ4n) is 2.54. The number of anilines is 2. The molecule has 2 amide bonds. The Kier molecular flexibility index (Phi) is 4.77. The molecule has 0 aliphatic carbocycles. The molecule has 0 fully saturated rings. The number of urea groups is 1. The van der Waals surface area contributed by atoms with Crippen molar-refractivity contribution in [3.63, 3.8) is 0 Å². The lowest BCUT2D eigenvalue weighted by Gasteiger charge is -2.06. The van der Waals surface area contributed by atoms with Gasteiger partial charge in [0.15, 0.2) is 0 Å². The van der Waals surface area contributed by atoms with Gasteiger partial charge in [-0.2, -0.15) is 0 Å². The Morgan fingerprint density at radius 3 is 2.62 bits per heavy atom. The lowest BCUT2D eigenvalue weighted by Crippen LogP contribution is -2.19. The van der Waals surface area contributed by atoms with E-state index in [-0.39, 0.29) is 11.8 Å². The second-order valence-electron chi connectivity index (χ2n) is 5.33. The Bertz CT molecular complexity index is 843. The van der Waals surface area contributed by atoms with Crippen molar-refractivity contribution in [2.24, 2.45) is 0 Å². The molecule has 2 aromatic carbocycles. The summed E-state index contributed by atoms with van der Waals surface area (Å²) in [4.78, 5) is 12.2. The number of amides is 2. The molecule has 0 aliphatic heterocycles. The highest BCUT2D eigenvalue weighted by atomic mass is 19.1. The molecule has 0 atom stereocenters. The smallest absolute Gasteiger partial charge is 0.323 e. The Balaban J connectivity index is 1.78. The van der Waals surface area contributed by atoms with E-state index < -0.39 is 0 Å². The summed E-state index contributed by atoms with van der Waals surface area (Å²) < 4.78 is 20.1. The first-order valence-corrected chi connectivity index (χ1v) is 7.58. The second kappa shape index (κ2) is 7.14. The fourth-order valence-corrected chi connectivity index (χ4v) is 2.54. The molecule has 2 N–H and O–H groups in total. The first-order valence-electron chi connectivity index (χ1n) is 7.58. The van der Waals surface area contributed by atoms with Gasteiger partial charge in [-0.3, -0.25) is 0 Å². The minimum absolute atomic E-state index is 0.345. The van der Waals surface area contributed by atoms with Gasteiger partial charge in [0.25, 0.3) is 0 Å². The van der Waals surface area contributed by atoms with Crippen LogP contribution in [0.25, 0.3) is 10.9 Å². The van der Waals surface area contributed by atoms with E-state index in [4.69, 9.17) is 4.74 Å². The van der Waals surface area contributed by atoms with Crippen LogP contribution in [0.3, 0.4) is 0 Å². The third kappa shape index (κ3) is 3.55. The van der Waals surface area contributed by atoms with Crippen molar-refractivity contribution in [3.8, 4) is 0 Å². The van der Waals surface area contributed by atoms with Crippen LogP contribution in [-0.2, 0) is 11.3 Å². The quantitative estimate of drug-likeness (QED) is 0.742. The monoisotopic (exact) mass is 327 g/mol. The van der Waals surface area contributed by atoms with E-state index in [2.05, 4.69) is 10.6 Å². The molecule has 1 heterocycles. The number of hydrogen-bond acceptors (Lipinski definition) is 2. The Morgan fingerprint density at radius 2 is 1.88 bits per heavy atom. The minimum Gasteiger partial charge on any atom is -0.383 e. The Labute approximate surface area is 139 Å². The lowest BCUT2D eigenvalue weighted by atomic mass is 10.2. The number of methoxy groups -OCH3 is 1. The average Bonchev–Trinajstić information content (AvgIpc) is 2.93. The number of hydrogen-bond donors (Lipinski definition) is 2.